The third-order valence-corrected chi connectivity index (χ3v) is 6.95. The molecule has 3 aromatic rings. The number of benzene rings is 1. The van der Waals surface area contributed by atoms with Crippen molar-refractivity contribution in [2.24, 2.45) is 0 Å². The van der Waals surface area contributed by atoms with Gasteiger partial charge in [0.2, 0.25) is 5.95 Å². The molecule has 0 aliphatic carbocycles. The first kappa shape index (κ1) is 21.7. The van der Waals surface area contributed by atoms with Crippen LogP contribution in [0.15, 0.2) is 35.8 Å². The third kappa shape index (κ3) is 4.29. The first-order chi connectivity index (χ1) is 14.8. The number of carboxylic acid groups (broad SMARTS) is 1. The summed E-state index contributed by atoms with van der Waals surface area (Å²) in [5.41, 5.74) is -0.755. The minimum Gasteiger partial charge on any atom is -0.480 e. The smallest absolute Gasteiger partial charge is 0.324 e. The highest BCUT2D eigenvalue weighted by atomic mass is 35.5. The van der Waals surface area contributed by atoms with Crippen molar-refractivity contribution in [2.75, 3.05) is 11.4 Å². The lowest BCUT2D eigenvalue weighted by Crippen LogP contribution is -2.63. The molecule has 0 radical (unpaired) electrons. The van der Waals surface area contributed by atoms with E-state index in [2.05, 4.69) is 15.3 Å². The largest absolute Gasteiger partial charge is 0.480 e. The second kappa shape index (κ2) is 8.54. The normalized spacial score (nSPS) is 21.4. The number of aliphatic carboxylic acids is 1. The Morgan fingerprint density at radius 2 is 2.19 bits per heavy atom. The van der Waals surface area contributed by atoms with E-state index in [-0.39, 0.29) is 31.9 Å². The molecule has 4 rings (SSSR count). The van der Waals surface area contributed by atoms with Crippen LogP contribution in [0.4, 0.5) is 5.95 Å². The average Bonchev–Trinajstić information content (AvgIpc) is 3.22. The first-order valence-corrected chi connectivity index (χ1v) is 11.0. The van der Waals surface area contributed by atoms with E-state index in [1.807, 2.05) is 11.4 Å². The molecule has 3 heterocycles. The van der Waals surface area contributed by atoms with E-state index in [4.69, 9.17) is 23.2 Å². The third-order valence-electron chi connectivity index (χ3n) is 5.39. The van der Waals surface area contributed by atoms with Crippen molar-refractivity contribution < 1.29 is 14.8 Å². The lowest BCUT2D eigenvalue weighted by molar-refractivity contribution is -0.526. The average molecular weight is 482 g/mol. The molecular weight excluding hydrogens is 465 g/mol. The van der Waals surface area contributed by atoms with Gasteiger partial charge in [-0.15, -0.1) is 11.3 Å². The van der Waals surface area contributed by atoms with E-state index < -0.39 is 22.6 Å². The van der Waals surface area contributed by atoms with Crippen molar-refractivity contribution in [2.45, 2.75) is 31.1 Å². The second-order valence-electron chi connectivity index (χ2n) is 7.25. The zero-order chi connectivity index (χ0) is 22.2. The Morgan fingerprint density at radius 1 is 1.39 bits per heavy atom. The van der Waals surface area contributed by atoms with Crippen LogP contribution in [0.2, 0.25) is 10.0 Å². The van der Waals surface area contributed by atoms with Crippen molar-refractivity contribution in [3.63, 3.8) is 0 Å². The van der Waals surface area contributed by atoms with Crippen molar-refractivity contribution in [3.8, 4) is 0 Å². The van der Waals surface area contributed by atoms with Gasteiger partial charge >= 0.3 is 5.97 Å². The Labute approximate surface area is 190 Å². The molecule has 2 atom stereocenters. The monoisotopic (exact) mass is 481 g/mol. The summed E-state index contributed by atoms with van der Waals surface area (Å²) in [6, 6.07) is 6.85. The molecule has 0 amide bonds. The van der Waals surface area contributed by atoms with Gasteiger partial charge in [-0.05, 0) is 35.6 Å². The van der Waals surface area contributed by atoms with Crippen LogP contribution >= 0.6 is 34.5 Å². The van der Waals surface area contributed by atoms with E-state index >= 15 is 0 Å². The molecule has 1 aliphatic heterocycles. The number of hydrogen-bond donors (Lipinski definition) is 2. The first-order valence-electron chi connectivity index (χ1n) is 9.32. The molecule has 12 heteroatoms. The molecule has 0 saturated carbocycles. The van der Waals surface area contributed by atoms with E-state index in [0.717, 1.165) is 15.8 Å². The minimum atomic E-state index is -1.48. The van der Waals surface area contributed by atoms with Crippen LogP contribution in [-0.2, 0) is 11.3 Å². The summed E-state index contributed by atoms with van der Waals surface area (Å²) in [5, 5.41) is 28.3. The summed E-state index contributed by atoms with van der Waals surface area (Å²) in [7, 11) is 0. The van der Waals surface area contributed by atoms with Gasteiger partial charge in [0, 0.05) is 29.6 Å². The number of piperidine rings is 1. The molecule has 1 aliphatic rings. The van der Waals surface area contributed by atoms with Gasteiger partial charge in [0.05, 0.1) is 16.5 Å². The van der Waals surface area contributed by atoms with Crippen LogP contribution in [0.25, 0.3) is 10.2 Å². The predicted molar refractivity (Wildman–Crippen MR) is 118 cm³/mol. The predicted octanol–water partition coefficient (Wildman–Crippen LogP) is 3.81. The number of nitrogens with one attached hydrogen (secondary N) is 1. The quantitative estimate of drug-likeness (QED) is 0.402. The molecule has 2 aromatic heterocycles. The number of carboxylic acids is 1. The maximum atomic E-state index is 12.2. The fourth-order valence-electron chi connectivity index (χ4n) is 3.64. The molecule has 162 valence electrons. The Hall–Kier alpha value is -2.53. The van der Waals surface area contributed by atoms with Gasteiger partial charge in [-0.25, -0.2) is 9.97 Å². The molecule has 0 bridgehead atoms. The Morgan fingerprint density at radius 3 is 2.90 bits per heavy atom. The lowest BCUT2D eigenvalue weighted by Gasteiger charge is -2.40. The number of nitrogens with zero attached hydrogens (tertiary/aromatic N) is 4. The standard InChI is InChI=1S/C19H17Cl2N5O4S/c20-13-2-1-11(7-14(13)21)9-23-19(17(27)28)4-5-25(15(8-19)26(29)30)18-22-10-12-3-6-31-16(12)24-18/h1-3,6-7,10,15,23H,4-5,8-9H2,(H,27,28). The van der Waals surface area contributed by atoms with Gasteiger partial charge in [-0.2, -0.15) is 0 Å². The molecule has 0 spiro atoms. The Balaban J connectivity index is 1.58. The molecular formula is C19H17Cl2N5O4S. The lowest BCUT2D eigenvalue weighted by atomic mass is 9.85. The fraction of sp³-hybridized carbons (Fsp3) is 0.316. The van der Waals surface area contributed by atoms with Crippen molar-refractivity contribution in [3.05, 3.63) is 61.6 Å². The summed E-state index contributed by atoms with van der Waals surface area (Å²) >= 11 is 13.4. The molecule has 31 heavy (non-hydrogen) atoms. The van der Waals surface area contributed by atoms with Crippen LogP contribution in [-0.4, -0.2) is 44.2 Å². The molecule has 1 saturated heterocycles. The number of rotatable bonds is 6. The Kier molecular flexibility index (Phi) is 5.98. The Bertz CT molecular complexity index is 1160. The SMILES string of the molecule is O=C(O)C1(NCc2ccc(Cl)c(Cl)c2)CCN(c2ncc3ccsc3n2)C([N+](=O)[O-])C1. The van der Waals surface area contributed by atoms with Crippen molar-refractivity contribution in [1.82, 2.24) is 15.3 Å². The summed E-state index contributed by atoms with van der Waals surface area (Å²) in [4.78, 5) is 34.5. The minimum absolute atomic E-state index is 0.114. The number of fused-ring (bicyclic) bond motifs is 1. The molecule has 1 aromatic carbocycles. The number of halogens is 2. The number of hydrogen-bond acceptors (Lipinski definition) is 8. The maximum Gasteiger partial charge on any atom is 0.324 e. The highest BCUT2D eigenvalue weighted by Gasteiger charge is 2.50. The van der Waals surface area contributed by atoms with Crippen LogP contribution in [0.3, 0.4) is 0 Å². The van der Waals surface area contributed by atoms with Gasteiger partial charge in [-0.3, -0.25) is 25.1 Å². The van der Waals surface area contributed by atoms with E-state index in [9.17, 15) is 20.0 Å². The fourth-order valence-corrected chi connectivity index (χ4v) is 4.70. The van der Waals surface area contributed by atoms with Gasteiger partial charge in [0.1, 0.15) is 10.4 Å². The number of carbonyl (C=O) groups is 1. The summed E-state index contributed by atoms with van der Waals surface area (Å²) in [6.07, 6.45) is 0.221. The van der Waals surface area contributed by atoms with E-state index in [1.54, 1.807) is 24.4 Å². The maximum absolute atomic E-state index is 12.2. The summed E-state index contributed by atoms with van der Waals surface area (Å²) < 4.78 is 0. The molecule has 1 fully saturated rings. The van der Waals surface area contributed by atoms with E-state index in [0.29, 0.717) is 10.0 Å². The van der Waals surface area contributed by atoms with Crippen molar-refractivity contribution in [1.29, 1.82) is 0 Å². The van der Waals surface area contributed by atoms with Crippen LogP contribution in [0, 0.1) is 10.1 Å². The van der Waals surface area contributed by atoms with Gasteiger partial charge in [0.15, 0.2) is 0 Å². The van der Waals surface area contributed by atoms with Gasteiger partial charge in [0.25, 0.3) is 6.17 Å². The van der Waals surface area contributed by atoms with Gasteiger partial charge in [-0.1, -0.05) is 29.3 Å². The van der Waals surface area contributed by atoms with Gasteiger partial charge < -0.3 is 5.11 Å². The number of nitro groups is 1. The topological polar surface area (TPSA) is 121 Å². The highest BCUT2D eigenvalue weighted by molar-refractivity contribution is 7.16. The summed E-state index contributed by atoms with van der Waals surface area (Å²) in [6.45, 7) is 0.286. The molecule has 9 nitrogen and oxygen atoms in total. The number of anilines is 1. The second-order valence-corrected chi connectivity index (χ2v) is 8.96. The van der Waals surface area contributed by atoms with Crippen molar-refractivity contribution >= 4 is 56.7 Å². The molecule has 2 N–H and O–H groups in total. The zero-order valence-corrected chi connectivity index (χ0v) is 18.3. The summed E-state index contributed by atoms with van der Waals surface area (Å²) in [5.74, 6) is -0.922. The van der Waals surface area contributed by atoms with Crippen LogP contribution < -0.4 is 10.2 Å². The molecule has 2 unspecified atom stereocenters. The number of thiophene rings is 1. The zero-order valence-electron chi connectivity index (χ0n) is 16.0. The van der Waals surface area contributed by atoms with E-state index in [1.165, 1.54) is 16.2 Å². The number of aromatic nitrogens is 2. The van der Waals surface area contributed by atoms with Crippen LogP contribution in [0.5, 0.6) is 0 Å². The van der Waals surface area contributed by atoms with Crippen LogP contribution in [0.1, 0.15) is 18.4 Å². The highest BCUT2D eigenvalue weighted by Crippen LogP contribution is 2.32.